The Morgan fingerprint density at radius 1 is 0.838 bits per heavy atom. The molecule has 0 aromatic rings. The van der Waals surface area contributed by atoms with Crippen molar-refractivity contribution in [3.05, 3.63) is 0 Å². The van der Waals surface area contributed by atoms with Crippen molar-refractivity contribution in [3.8, 4) is 0 Å². The van der Waals surface area contributed by atoms with Gasteiger partial charge in [0.15, 0.2) is 0 Å². The van der Waals surface area contributed by atoms with E-state index in [0.29, 0.717) is 17.3 Å². The van der Waals surface area contributed by atoms with Crippen LogP contribution in [0.1, 0.15) is 106 Å². The molecule has 6 rings (SSSR count). The van der Waals surface area contributed by atoms with Crippen molar-refractivity contribution in [2.24, 2.45) is 44.8 Å². The quantitative estimate of drug-likeness (QED) is 0.496. The Kier molecular flexibility index (Phi) is 5.65. The molecule has 1 aliphatic heterocycles. The summed E-state index contributed by atoms with van der Waals surface area (Å²) in [5, 5.41) is 22.8. The molecule has 8 unspecified atom stereocenters. The number of fused-ring (bicyclic) bond motifs is 2. The van der Waals surface area contributed by atoms with Crippen molar-refractivity contribution >= 4 is 0 Å². The van der Waals surface area contributed by atoms with Gasteiger partial charge in [-0.2, -0.15) is 0 Å². The summed E-state index contributed by atoms with van der Waals surface area (Å²) in [5.74, 6) is 1.02. The van der Waals surface area contributed by atoms with E-state index in [9.17, 15) is 10.2 Å². The van der Waals surface area contributed by atoms with Gasteiger partial charge in [-0.1, -0.05) is 27.7 Å². The number of aliphatic hydroxyl groups is 2. The number of hydrogen-bond acceptors (Lipinski definition) is 5. The Hall–Kier alpha value is -0.200. The van der Waals surface area contributed by atoms with Gasteiger partial charge >= 0.3 is 0 Å². The van der Waals surface area contributed by atoms with E-state index in [-0.39, 0.29) is 63.2 Å². The lowest BCUT2D eigenvalue weighted by atomic mass is 9.41. The van der Waals surface area contributed by atoms with Crippen molar-refractivity contribution in [2.45, 2.75) is 142 Å². The molecule has 0 bridgehead atoms. The molecule has 6 aliphatic rings. The van der Waals surface area contributed by atoms with Crippen LogP contribution in [0.25, 0.3) is 0 Å². The molecule has 12 atom stereocenters. The molecular formula is C32H54O5. The van der Waals surface area contributed by atoms with Crippen molar-refractivity contribution in [1.82, 2.24) is 0 Å². The van der Waals surface area contributed by atoms with E-state index in [1.807, 2.05) is 7.11 Å². The smallest absolute Gasteiger partial charge is 0.0883 e. The van der Waals surface area contributed by atoms with Gasteiger partial charge in [0.25, 0.3) is 0 Å². The molecule has 2 spiro atoms. The highest BCUT2D eigenvalue weighted by atomic mass is 16.6. The summed E-state index contributed by atoms with van der Waals surface area (Å²) < 4.78 is 19.2. The second kappa shape index (κ2) is 7.75. The maximum absolute atomic E-state index is 11.8. The molecule has 2 N–H and O–H groups in total. The number of rotatable bonds is 4. The first-order chi connectivity index (χ1) is 17.1. The first-order valence-electron chi connectivity index (χ1n) is 15.2. The molecule has 1 saturated heterocycles. The van der Waals surface area contributed by atoms with Crippen LogP contribution in [0, 0.1) is 44.8 Å². The molecule has 5 nitrogen and oxygen atoms in total. The van der Waals surface area contributed by atoms with E-state index in [0.717, 1.165) is 38.5 Å². The van der Waals surface area contributed by atoms with Crippen LogP contribution in [0.4, 0.5) is 0 Å². The lowest BCUT2D eigenvalue weighted by Gasteiger charge is -2.64. The fourth-order valence-electron chi connectivity index (χ4n) is 12.4. The standard InChI is InChI=1S/C32H54O5/c1-26(2)22(34)10-13-32-18-31(32)15-14-28(5)25(30(7)12-11-23(37-30)27(3,4)36-9)20(35-8)17-29(28,6)21(31)16-19(33)24(26)32/h19-25,33-34H,10-18H2,1-9H3/t19-,20?,21?,22?,23?,24-,25?,28?,29-,30+,31?,32?/m0/s1. The van der Waals surface area contributed by atoms with Gasteiger partial charge in [0, 0.05) is 20.1 Å². The van der Waals surface area contributed by atoms with Crippen molar-refractivity contribution in [1.29, 1.82) is 0 Å². The number of methoxy groups -OCH3 is 2. The lowest BCUT2D eigenvalue weighted by Crippen LogP contribution is -2.62. The summed E-state index contributed by atoms with van der Waals surface area (Å²) in [4.78, 5) is 0. The second-order valence-corrected chi connectivity index (χ2v) is 16.3. The van der Waals surface area contributed by atoms with Crippen LogP contribution in [-0.4, -0.2) is 60.1 Å². The van der Waals surface area contributed by atoms with Gasteiger partial charge in [0.1, 0.15) is 0 Å². The van der Waals surface area contributed by atoms with Gasteiger partial charge in [-0.3, -0.25) is 0 Å². The minimum absolute atomic E-state index is 0.0878. The molecular weight excluding hydrogens is 464 g/mol. The molecule has 0 aromatic heterocycles. The van der Waals surface area contributed by atoms with Crippen LogP contribution < -0.4 is 0 Å². The molecule has 5 heteroatoms. The number of ether oxygens (including phenoxy) is 3. The zero-order valence-electron chi connectivity index (χ0n) is 25.0. The minimum Gasteiger partial charge on any atom is -0.393 e. The van der Waals surface area contributed by atoms with Crippen LogP contribution in [0.2, 0.25) is 0 Å². The average Bonchev–Trinajstić information content (AvgIpc) is 3.16. The molecule has 1 heterocycles. The third-order valence-electron chi connectivity index (χ3n) is 14.6. The lowest BCUT2D eigenvalue weighted by molar-refractivity contribution is -0.215. The van der Waals surface area contributed by atoms with Crippen LogP contribution >= 0.6 is 0 Å². The normalized spacial score (nSPS) is 58.3. The maximum atomic E-state index is 11.8. The van der Waals surface area contributed by atoms with Crippen LogP contribution in [0.3, 0.4) is 0 Å². The Labute approximate surface area is 225 Å². The summed E-state index contributed by atoms with van der Waals surface area (Å²) in [5.41, 5.74) is -0.0846. The average molecular weight is 519 g/mol. The fourth-order valence-corrected chi connectivity index (χ4v) is 12.4. The highest BCUT2D eigenvalue weighted by Crippen LogP contribution is 2.89. The SMILES string of the molecule is COC1C[C@@]2(C)C3C[C@H](O)[C@H]4C(C)(C)C(O)CCC45CC35CCC2(C)C1[C@@]1(C)CCC(C(C)(C)OC)O1. The minimum atomic E-state index is -0.338. The summed E-state index contributed by atoms with van der Waals surface area (Å²) in [7, 11) is 3.70. The molecule has 0 aromatic carbocycles. The first-order valence-corrected chi connectivity index (χ1v) is 15.2. The fraction of sp³-hybridized carbons (Fsp3) is 1.00. The topological polar surface area (TPSA) is 68.2 Å². The van der Waals surface area contributed by atoms with Crippen molar-refractivity contribution < 1.29 is 24.4 Å². The van der Waals surface area contributed by atoms with Crippen LogP contribution in [-0.2, 0) is 14.2 Å². The van der Waals surface area contributed by atoms with Gasteiger partial charge in [-0.15, -0.1) is 0 Å². The molecule has 5 saturated carbocycles. The summed E-state index contributed by atoms with van der Waals surface area (Å²) in [6, 6.07) is 0. The van der Waals surface area contributed by atoms with E-state index in [1.54, 1.807) is 7.11 Å². The Balaban J connectivity index is 1.37. The summed E-state index contributed by atoms with van der Waals surface area (Å²) in [6.07, 6.45) is 9.23. The molecule has 212 valence electrons. The van der Waals surface area contributed by atoms with Gasteiger partial charge in [-0.25, -0.2) is 0 Å². The predicted octanol–water partition coefficient (Wildman–Crippen LogP) is 5.74. The van der Waals surface area contributed by atoms with E-state index in [1.165, 1.54) is 19.3 Å². The maximum Gasteiger partial charge on any atom is 0.0883 e. The van der Waals surface area contributed by atoms with E-state index < -0.39 is 0 Å². The van der Waals surface area contributed by atoms with Crippen LogP contribution in [0.15, 0.2) is 0 Å². The Bertz CT molecular complexity index is 947. The van der Waals surface area contributed by atoms with Crippen molar-refractivity contribution in [3.63, 3.8) is 0 Å². The van der Waals surface area contributed by atoms with Gasteiger partial charge in [-0.05, 0) is 117 Å². The largest absolute Gasteiger partial charge is 0.393 e. The van der Waals surface area contributed by atoms with E-state index in [4.69, 9.17) is 14.2 Å². The molecule has 5 aliphatic carbocycles. The Morgan fingerprint density at radius 3 is 2.19 bits per heavy atom. The van der Waals surface area contributed by atoms with Crippen molar-refractivity contribution in [2.75, 3.05) is 14.2 Å². The third kappa shape index (κ3) is 3.05. The molecule has 0 radical (unpaired) electrons. The molecule has 6 fully saturated rings. The summed E-state index contributed by atoms with van der Waals surface area (Å²) >= 11 is 0. The van der Waals surface area contributed by atoms with Crippen LogP contribution in [0.5, 0.6) is 0 Å². The predicted molar refractivity (Wildman–Crippen MR) is 144 cm³/mol. The zero-order chi connectivity index (χ0) is 27.0. The number of hydrogen-bond donors (Lipinski definition) is 2. The highest BCUT2D eigenvalue weighted by Gasteiger charge is 2.84. The molecule has 0 amide bonds. The van der Waals surface area contributed by atoms with Gasteiger partial charge < -0.3 is 24.4 Å². The second-order valence-electron chi connectivity index (χ2n) is 16.3. The van der Waals surface area contributed by atoms with E-state index >= 15 is 0 Å². The highest BCUT2D eigenvalue weighted by molar-refractivity contribution is 5.33. The zero-order valence-corrected chi connectivity index (χ0v) is 25.0. The molecule has 37 heavy (non-hydrogen) atoms. The monoisotopic (exact) mass is 518 g/mol. The first kappa shape index (κ1) is 27.0. The summed E-state index contributed by atoms with van der Waals surface area (Å²) in [6.45, 7) is 16.2. The Morgan fingerprint density at radius 2 is 1.54 bits per heavy atom. The third-order valence-corrected chi connectivity index (χ3v) is 14.6. The number of aliphatic hydroxyl groups excluding tert-OH is 2. The van der Waals surface area contributed by atoms with Gasteiger partial charge in [0.2, 0.25) is 0 Å². The van der Waals surface area contributed by atoms with E-state index in [2.05, 4.69) is 48.5 Å². The van der Waals surface area contributed by atoms with Gasteiger partial charge in [0.05, 0.1) is 35.6 Å².